The summed E-state index contributed by atoms with van der Waals surface area (Å²) < 4.78 is 23.8. The molecule has 5 N–H and O–H groups in total. The van der Waals surface area contributed by atoms with Crippen LogP contribution < -0.4 is 45.5 Å². The molecule has 1 fully saturated rings. The molecule has 1 unspecified atom stereocenters. The molecule has 0 aromatic heterocycles. The van der Waals surface area contributed by atoms with E-state index in [0.717, 1.165) is 37.3 Å². The number of carbonyl (C=O) groups is 4. The standard InChI is InChI=1S/C48H63N9O8/c1-10-50-46(59)37-24-41(63-9)43(26-39(37)55(7)31(5)56-18-16-54(6)17-19-56)65-21-11-20-64-42-25-38-36(23-40(42)62-8)48(61)57-28-33(22-35(57)27-51-38)32-12-14-34(15-13-32)53-45(58)30(4)52-47(60)44(49)29(2)3/h10,12-15,23-31,35,44H,1,11,16-22,49H2,2-9H3,(H,50,59)(H,52,60)(H,53,58)/t30-,31?,35-,44-/m0/s1. The van der Waals surface area contributed by atoms with Gasteiger partial charge >= 0.3 is 0 Å². The molecule has 3 aromatic rings. The molecule has 4 atom stereocenters. The summed E-state index contributed by atoms with van der Waals surface area (Å²) in [6.45, 7) is 15.4. The Bertz CT molecular complexity index is 2290. The average Bonchev–Trinajstić information content (AvgIpc) is 3.69. The van der Waals surface area contributed by atoms with Gasteiger partial charge < -0.3 is 55.3 Å². The largest absolute Gasteiger partial charge is 0.493 e. The predicted molar refractivity (Wildman–Crippen MR) is 252 cm³/mol. The van der Waals surface area contributed by atoms with Gasteiger partial charge in [0.2, 0.25) is 11.8 Å². The highest BCUT2D eigenvalue weighted by Crippen LogP contribution is 2.40. The Balaban J connectivity index is 1.07. The Labute approximate surface area is 381 Å². The van der Waals surface area contributed by atoms with E-state index in [1.807, 2.05) is 45.3 Å². The van der Waals surface area contributed by atoms with Crippen LogP contribution in [0.3, 0.4) is 0 Å². The van der Waals surface area contributed by atoms with Crippen LogP contribution in [-0.4, -0.2) is 137 Å². The molecule has 0 spiro atoms. The van der Waals surface area contributed by atoms with Crippen LogP contribution >= 0.6 is 0 Å². The van der Waals surface area contributed by atoms with Crippen molar-refractivity contribution in [1.82, 2.24) is 25.3 Å². The minimum absolute atomic E-state index is 0.0101. The third-order valence-electron chi connectivity index (χ3n) is 12.1. The molecule has 3 aliphatic heterocycles. The molecule has 4 amide bonds. The van der Waals surface area contributed by atoms with E-state index < -0.39 is 12.1 Å². The molecule has 17 heteroatoms. The second-order valence-electron chi connectivity index (χ2n) is 16.8. The molecule has 348 valence electrons. The molecule has 65 heavy (non-hydrogen) atoms. The lowest BCUT2D eigenvalue weighted by Gasteiger charge is -2.41. The number of hydrogen-bond donors (Lipinski definition) is 4. The zero-order chi connectivity index (χ0) is 46.9. The minimum atomic E-state index is -0.775. The van der Waals surface area contributed by atoms with E-state index in [0.29, 0.717) is 64.0 Å². The van der Waals surface area contributed by atoms with Gasteiger partial charge in [-0.25, -0.2) is 0 Å². The van der Waals surface area contributed by atoms with E-state index >= 15 is 0 Å². The molecular formula is C48H63N9O8. The molecule has 3 aliphatic rings. The van der Waals surface area contributed by atoms with Gasteiger partial charge in [0, 0.05) is 76.3 Å². The number of amides is 4. The second-order valence-corrected chi connectivity index (χ2v) is 16.8. The lowest BCUT2D eigenvalue weighted by atomic mass is 10.0. The maximum atomic E-state index is 14.0. The number of ether oxygens (including phenoxy) is 4. The highest BCUT2D eigenvalue weighted by atomic mass is 16.5. The van der Waals surface area contributed by atoms with Crippen molar-refractivity contribution < 1.29 is 38.1 Å². The van der Waals surface area contributed by atoms with Gasteiger partial charge in [0.15, 0.2) is 23.0 Å². The number of nitrogens with zero attached hydrogens (tertiary/aromatic N) is 5. The molecule has 0 saturated carbocycles. The van der Waals surface area contributed by atoms with Crippen molar-refractivity contribution in [2.45, 2.75) is 64.8 Å². The monoisotopic (exact) mass is 893 g/mol. The smallest absolute Gasteiger partial charge is 0.260 e. The van der Waals surface area contributed by atoms with E-state index in [9.17, 15) is 19.2 Å². The summed E-state index contributed by atoms with van der Waals surface area (Å²) in [6, 6.07) is 12.4. The molecule has 0 bridgehead atoms. The van der Waals surface area contributed by atoms with Crippen LogP contribution in [0.4, 0.5) is 17.1 Å². The Morgan fingerprint density at radius 2 is 1.57 bits per heavy atom. The summed E-state index contributed by atoms with van der Waals surface area (Å²) in [5.74, 6) is 0.408. The van der Waals surface area contributed by atoms with Crippen molar-refractivity contribution >= 4 is 52.5 Å². The SMILES string of the molecule is C=CNC(=O)c1cc(OC)c(OCCCOc2cc3c(cc2OC)C(=O)N2C=C(c4ccc(NC(=O)[C@H](C)NC(=O)[C@@H](N)C(C)C)cc4)C[C@H]2C=N3)cc1N(C)C(C)N1CCN(C)CC1. The molecule has 3 aromatic carbocycles. The normalized spacial score (nSPS) is 17.4. The zero-order valence-corrected chi connectivity index (χ0v) is 38.7. The second kappa shape index (κ2) is 21.5. The van der Waals surface area contributed by atoms with Gasteiger partial charge in [0.05, 0.1) is 68.2 Å². The first-order valence-electron chi connectivity index (χ1n) is 22.0. The van der Waals surface area contributed by atoms with Gasteiger partial charge in [-0.2, -0.15) is 0 Å². The Morgan fingerprint density at radius 3 is 2.20 bits per heavy atom. The first-order chi connectivity index (χ1) is 31.1. The Morgan fingerprint density at radius 1 is 0.923 bits per heavy atom. The molecule has 0 aliphatic carbocycles. The van der Waals surface area contributed by atoms with Crippen LogP contribution in [0.25, 0.3) is 5.57 Å². The van der Waals surface area contributed by atoms with Crippen LogP contribution in [0.2, 0.25) is 0 Å². The summed E-state index contributed by atoms with van der Waals surface area (Å²) in [6.07, 6.45) is 6.01. The number of nitrogens with one attached hydrogen (secondary N) is 3. The molecule has 3 heterocycles. The van der Waals surface area contributed by atoms with Crippen LogP contribution in [-0.2, 0) is 9.59 Å². The third-order valence-corrected chi connectivity index (χ3v) is 12.1. The lowest BCUT2D eigenvalue weighted by molar-refractivity contribution is -0.127. The number of piperazine rings is 1. The molecule has 0 radical (unpaired) electrons. The highest BCUT2D eigenvalue weighted by Gasteiger charge is 2.34. The van der Waals surface area contributed by atoms with Crippen LogP contribution in [0, 0.1) is 5.92 Å². The number of hydrogen-bond acceptors (Lipinski definition) is 13. The summed E-state index contributed by atoms with van der Waals surface area (Å²) in [5, 5.41) is 8.19. The van der Waals surface area contributed by atoms with Gasteiger partial charge in [0.25, 0.3) is 11.8 Å². The molecule has 6 rings (SSSR count). The topological polar surface area (TPSA) is 193 Å². The van der Waals surface area contributed by atoms with Crippen LogP contribution in [0.5, 0.6) is 23.0 Å². The van der Waals surface area contributed by atoms with Crippen molar-refractivity contribution in [3.8, 4) is 23.0 Å². The fourth-order valence-corrected chi connectivity index (χ4v) is 7.80. The molecule has 17 nitrogen and oxygen atoms in total. The third kappa shape index (κ3) is 11.3. The number of anilines is 2. The number of methoxy groups -OCH3 is 2. The maximum Gasteiger partial charge on any atom is 0.260 e. The van der Waals surface area contributed by atoms with Crippen LogP contribution in [0.15, 0.2) is 72.5 Å². The van der Waals surface area contributed by atoms with Crippen molar-refractivity contribution in [3.05, 3.63) is 84.2 Å². The number of likely N-dealkylation sites (N-methyl/N-ethyl adjacent to an activating group) is 1. The van der Waals surface area contributed by atoms with Crippen molar-refractivity contribution in [2.75, 3.05) is 77.9 Å². The number of benzene rings is 3. The van der Waals surface area contributed by atoms with Crippen molar-refractivity contribution in [1.29, 1.82) is 0 Å². The zero-order valence-electron chi connectivity index (χ0n) is 38.7. The fourth-order valence-electron chi connectivity index (χ4n) is 7.80. The summed E-state index contributed by atoms with van der Waals surface area (Å²) >= 11 is 0. The summed E-state index contributed by atoms with van der Waals surface area (Å²) in [5.41, 5.74) is 10.3. The highest BCUT2D eigenvalue weighted by molar-refractivity contribution is 6.06. The maximum absolute atomic E-state index is 14.0. The average molecular weight is 894 g/mol. The quantitative estimate of drug-likeness (QED) is 0.120. The summed E-state index contributed by atoms with van der Waals surface area (Å²) in [4.78, 5) is 65.5. The van der Waals surface area contributed by atoms with Gasteiger partial charge in [-0.3, -0.25) is 29.1 Å². The van der Waals surface area contributed by atoms with E-state index in [2.05, 4.69) is 51.2 Å². The van der Waals surface area contributed by atoms with Crippen molar-refractivity contribution in [2.24, 2.45) is 16.6 Å². The number of carbonyl (C=O) groups excluding carboxylic acids is 4. The van der Waals surface area contributed by atoms with E-state index in [4.69, 9.17) is 29.7 Å². The van der Waals surface area contributed by atoms with Gasteiger partial charge in [-0.15, -0.1) is 0 Å². The van der Waals surface area contributed by atoms with Crippen molar-refractivity contribution in [3.63, 3.8) is 0 Å². The first-order valence-corrected chi connectivity index (χ1v) is 22.0. The number of rotatable bonds is 19. The first kappa shape index (κ1) is 48.0. The Hall–Kier alpha value is -6.43. The van der Waals surface area contributed by atoms with Crippen LogP contribution in [0.1, 0.15) is 66.8 Å². The number of fused-ring (bicyclic) bond motifs is 2. The van der Waals surface area contributed by atoms with E-state index in [1.54, 1.807) is 48.4 Å². The molecule has 1 saturated heterocycles. The number of nitrogens with two attached hydrogens (primary N) is 1. The van der Waals surface area contributed by atoms with E-state index in [1.165, 1.54) is 20.4 Å². The predicted octanol–water partition coefficient (Wildman–Crippen LogP) is 4.85. The number of aliphatic imine (C=N–C) groups is 1. The molecular weight excluding hydrogens is 831 g/mol. The van der Waals surface area contributed by atoms with E-state index in [-0.39, 0.29) is 55.0 Å². The fraction of sp³-hybridized carbons (Fsp3) is 0.438. The lowest BCUT2D eigenvalue weighted by Crippen LogP contribution is -2.53. The van der Waals surface area contributed by atoms with Gasteiger partial charge in [-0.05, 0) is 68.4 Å². The van der Waals surface area contributed by atoms with Gasteiger partial charge in [-0.1, -0.05) is 32.6 Å². The minimum Gasteiger partial charge on any atom is -0.493 e. The van der Waals surface area contributed by atoms with Gasteiger partial charge in [0.1, 0.15) is 6.04 Å². The Kier molecular flexibility index (Phi) is 15.9. The summed E-state index contributed by atoms with van der Waals surface area (Å²) in [7, 11) is 7.15.